The van der Waals surface area contributed by atoms with E-state index in [1.165, 1.54) is 238 Å². The molecule has 76 heavy (non-hydrogen) atoms. The van der Waals surface area contributed by atoms with E-state index >= 15 is 0 Å². The first-order valence-electron chi connectivity index (χ1n) is 33.6. The standard InChI is InChI=1S/C70H128O6/c1-4-7-10-13-16-18-20-22-24-26-27-28-29-30-31-32-33-34-35-36-37-38-39-40-41-42-43-45-46-48-50-52-54-57-60-63-69(72)75-66-67(65-74-68(71)62-59-56-15-12-9-6-3)76-70(73)64-61-58-55-53-51-49-47-44-25-23-21-19-17-14-11-8-5-2/h7,10,16,18,22,24,27-28,67H,4-6,8-9,11-15,17,19-21,23,25-26,29-66H2,1-3H3/b10-7-,18-16-,24-22-,28-27-. The molecule has 1 atom stereocenters. The molecule has 6 heteroatoms. The second-order valence-electron chi connectivity index (χ2n) is 22.7. The van der Waals surface area contributed by atoms with E-state index in [2.05, 4.69) is 69.4 Å². The van der Waals surface area contributed by atoms with E-state index < -0.39 is 6.10 Å². The Bertz CT molecular complexity index is 1310. The van der Waals surface area contributed by atoms with Crippen LogP contribution >= 0.6 is 0 Å². The smallest absolute Gasteiger partial charge is 0.306 e. The van der Waals surface area contributed by atoms with Crippen molar-refractivity contribution in [3.8, 4) is 0 Å². The predicted octanol–water partition coefficient (Wildman–Crippen LogP) is 22.9. The van der Waals surface area contributed by atoms with E-state index in [1.54, 1.807) is 0 Å². The number of hydrogen-bond acceptors (Lipinski definition) is 6. The minimum Gasteiger partial charge on any atom is -0.462 e. The number of unbranched alkanes of at least 4 members (excludes halogenated alkanes) is 43. The van der Waals surface area contributed by atoms with Gasteiger partial charge in [0.1, 0.15) is 13.2 Å². The second-order valence-corrected chi connectivity index (χ2v) is 22.7. The minimum atomic E-state index is -0.764. The molecule has 6 nitrogen and oxygen atoms in total. The number of esters is 3. The lowest BCUT2D eigenvalue weighted by Crippen LogP contribution is -2.30. The average Bonchev–Trinajstić information content (AvgIpc) is 3.42. The fourth-order valence-electron chi connectivity index (χ4n) is 10.1. The van der Waals surface area contributed by atoms with Crippen LogP contribution < -0.4 is 0 Å². The van der Waals surface area contributed by atoms with Gasteiger partial charge in [0, 0.05) is 19.3 Å². The Morgan fingerprint density at radius 1 is 0.276 bits per heavy atom. The predicted molar refractivity (Wildman–Crippen MR) is 330 cm³/mol. The maximum absolute atomic E-state index is 12.8. The van der Waals surface area contributed by atoms with E-state index in [0.717, 1.165) is 83.5 Å². The van der Waals surface area contributed by atoms with Gasteiger partial charge in [0.25, 0.3) is 0 Å². The number of hydrogen-bond donors (Lipinski definition) is 0. The highest BCUT2D eigenvalue weighted by Gasteiger charge is 2.19. The summed E-state index contributed by atoms with van der Waals surface area (Å²) in [6.45, 7) is 6.52. The molecule has 0 aromatic heterocycles. The van der Waals surface area contributed by atoms with E-state index in [9.17, 15) is 14.4 Å². The maximum atomic E-state index is 12.8. The molecule has 0 radical (unpaired) electrons. The molecular formula is C70H128O6. The average molecular weight is 1070 g/mol. The van der Waals surface area contributed by atoms with Crippen LogP contribution in [0.15, 0.2) is 48.6 Å². The van der Waals surface area contributed by atoms with Gasteiger partial charge in [0.15, 0.2) is 6.10 Å². The van der Waals surface area contributed by atoms with Gasteiger partial charge in [0.05, 0.1) is 0 Å². The zero-order chi connectivity index (χ0) is 55.0. The molecule has 0 spiro atoms. The molecule has 0 saturated carbocycles. The van der Waals surface area contributed by atoms with Crippen LogP contribution in [0.2, 0.25) is 0 Å². The van der Waals surface area contributed by atoms with Crippen molar-refractivity contribution in [1.29, 1.82) is 0 Å². The lowest BCUT2D eigenvalue weighted by atomic mass is 10.0. The summed E-state index contributed by atoms with van der Waals surface area (Å²) >= 11 is 0. The molecule has 0 aromatic carbocycles. The Morgan fingerprint density at radius 3 is 0.803 bits per heavy atom. The number of ether oxygens (including phenoxy) is 3. The van der Waals surface area contributed by atoms with Crippen LogP contribution in [0.3, 0.4) is 0 Å². The van der Waals surface area contributed by atoms with Gasteiger partial charge in [0.2, 0.25) is 0 Å². The summed E-state index contributed by atoms with van der Waals surface area (Å²) in [7, 11) is 0. The molecule has 0 aromatic rings. The van der Waals surface area contributed by atoms with Crippen LogP contribution in [0.25, 0.3) is 0 Å². The fraction of sp³-hybridized carbons (Fsp3) is 0.843. The third-order valence-corrected chi connectivity index (χ3v) is 15.1. The minimum absolute atomic E-state index is 0.0657. The topological polar surface area (TPSA) is 78.9 Å². The Hall–Kier alpha value is -2.63. The zero-order valence-electron chi connectivity index (χ0n) is 51.0. The molecular weight excluding hydrogens is 937 g/mol. The van der Waals surface area contributed by atoms with E-state index in [1.807, 2.05) is 0 Å². The third kappa shape index (κ3) is 62.2. The molecule has 0 bridgehead atoms. The van der Waals surface area contributed by atoms with Gasteiger partial charge < -0.3 is 14.2 Å². The highest BCUT2D eigenvalue weighted by atomic mass is 16.6. The van der Waals surface area contributed by atoms with E-state index in [4.69, 9.17) is 14.2 Å². The summed E-state index contributed by atoms with van der Waals surface area (Å²) in [6, 6.07) is 0. The highest BCUT2D eigenvalue weighted by Crippen LogP contribution is 2.18. The Kier molecular flexibility index (Phi) is 62.6. The monoisotopic (exact) mass is 1060 g/mol. The quantitative estimate of drug-likeness (QED) is 0.0261. The molecule has 0 N–H and O–H groups in total. The Morgan fingerprint density at radius 2 is 0.513 bits per heavy atom. The van der Waals surface area contributed by atoms with Gasteiger partial charge in [-0.15, -0.1) is 0 Å². The molecule has 444 valence electrons. The van der Waals surface area contributed by atoms with Gasteiger partial charge in [-0.3, -0.25) is 14.4 Å². The van der Waals surface area contributed by atoms with Crippen molar-refractivity contribution < 1.29 is 28.6 Å². The molecule has 0 saturated heterocycles. The molecule has 0 rings (SSSR count). The number of carbonyl (C=O) groups excluding carboxylic acids is 3. The highest BCUT2D eigenvalue weighted by molar-refractivity contribution is 5.71. The Labute approximate surface area is 473 Å². The number of allylic oxidation sites excluding steroid dienone is 8. The summed E-state index contributed by atoms with van der Waals surface area (Å²) < 4.78 is 16.8. The molecule has 0 aliphatic carbocycles. The molecule has 0 amide bonds. The van der Waals surface area contributed by atoms with Crippen LogP contribution in [0.1, 0.15) is 361 Å². The molecule has 0 fully saturated rings. The summed E-state index contributed by atoms with van der Waals surface area (Å²) in [4.78, 5) is 38.0. The van der Waals surface area contributed by atoms with Gasteiger partial charge in [-0.2, -0.15) is 0 Å². The third-order valence-electron chi connectivity index (χ3n) is 15.1. The maximum Gasteiger partial charge on any atom is 0.306 e. The van der Waals surface area contributed by atoms with Crippen molar-refractivity contribution in [2.45, 2.75) is 367 Å². The Balaban J connectivity index is 3.90. The van der Waals surface area contributed by atoms with Crippen molar-refractivity contribution in [3.05, 3.63) is 48.6 Å². The van der Waals surface area contributed by atoms with Gasteiger partial charge in [-0.1, -0.05) is 333 Å². The zero-order valence-corrected chi connectivity index (χ0v) is 51.0. The van der Waals surface area contributed by atoms with Crippen molar-refractivity contribution in [1.82, 2.24) is 0 Å². The lowest BCUT2D eigenvalue weighted by Gasteiger charge is -2.18. The number of rotatable bonds is 62. The summed E-state index contributed by atoms with van der Waals surface area (Å²) in [5, 5.41) is 0. The molecule has 1 unspecified atom stereocenters. The normalized spacial score (nSPS) is 12.3. The van der Waals surface area contributed by atoms with E-state index in [-0.39, 0.29) is 31.1 Å². The second kappa shape index (κ2) is 64.9. The van der Waals surface area contributed by atoms with Gasteiger partial charge in [-0.05, 0) is 57.8 Å². The lowest BCUT2D eigenvalue weighted by molar-refractivity contribution is -0.167. The first-order valence-corrected chi connectivity index (χ1v) is 33.6. The summed E-state index contributed by atoms with van der Waals surface area (Å²) in [5.41, 5.74) is 0. The SMILES string of the molecule is CC/C=C\C/C=C\C/C=C\C/C=C\CCCCCCCCCCCCCCCCCCCCCCCCC(=O)OCC(COC(=O)CCCCCCCC)OC(=O)CCCCCCCCCCCCCCCCCCC. The van der Waals surface area contributed by atoms with Gasteiger partial charge in [-0.25, -0.2) is 0 Å². The molecule has 0 heterocycles. The van der Waals surface area contributed by atoms with Crippen LogP contribution in [0, 0.1) is 0 Å². The van der Waals surface area contributed by atoms with E-state index in [0.29, 0.717) is 19.3 Å². The first-order chi connectivity index (χ1) is 37.5. The largest absolute Gasteiger partial charge is 0.462 e. The summed E-state index contributed by atoms with van der Waals surface area (Å²) in [5.74, 6) is -0.851. The number of carbonyl (C=O) groups is 3. The van der Waals surface area contributed by atoms with Crippen LogP contribution in [-0.2, 0) is 28.6 Å². The van der Waals surface area contributed by atoms with Crippen LogP contribution in [-0.4, -0.2) is 37.2 Å². The molecule has 0 aliphatic heterocycles. The van der Waals surface area contributed by atoms with Crippen molar-refractivity contribution in [3.63, 3.8) is 0 Å². The van der Waals surface area contributed by atoms with Crippen molar-refractivity contribution >= 4 is 17.9 Å². The first kappa shape index (κ1) is 73.4. The molecule has 0 aliphatic rings. The summed E-state index contributed by atoms with van der Waals surface area (Å²) in [6.07, 6.45) is 81.8. The van der Waals surface area contributed by atoms with Gasteiger partial charge >= 0.3 is 17.9 Å². The van der Waals surface area contributed by atoms with Crippen molar-refractivity contribution in [2.75, 3.05) is 13.2 Å². The van der Waals surface area contributed by atoms with Crippen LogP contribution in [0.5, 0.6) is 0 Å². The fourth-order valence-corrected chi connectivity index (χ4v) is 10.1. The van der Waals surface area contributed by atoms with Crippen molar-refractivity contribution in [2.24, 2.45) is 0 Å². The van der Waals surface area contributed by atoms with Crippen LogP contribution in [0.4, 0.5) is 0 Å².